The van der Waals surface area contributed by atoms with Crippen molar-refractivity contribution < 1.29 is 9.59 Å². The van der Waals surface area contributed by atoms with E-state index in [2.05, 4.69) is 10.2 Å². The Kier molecular flexibility index (Phi) is 6.43. The molecule has 0 saturated carbocycles. The van der Waals surface area contributed by atoms with Crippen LogP contribution in [0.3, 0.4) is 0 Å². The Hall–Kier alpha value is -1.59. The van der Waals surface area contributed by atoms with Crippen molar-refractivity contribution in [2.24, 2.45) is 5.41 Å². The number of nitrogens with zero attached hydrogens (tertiary/aromatic N) is 2. The summed E-state index contributed by atoms with van der Waals surface area (Å²) < 4.78 is 0. The topological polar surface area (TPSA) is 52.7 Å². The first-order valence-corrected chi connectivity index (χ1v) is 10.3. The second-order valence-electron chi connectivity index (χ2n) is 8.37. The van der Waals surface area contributed by atoms with Crippen LogP contribution in [0.15, 0.2) is 24.3 Å². The molecule has 1 spiro atoms. The van der Waals surface area contributed by atoms with Gasteiger partial charge >= 0.3 is 0 Å². The van der Waals surface area contributed by atoms with Crippen molar-refractivity contribution in [1.29, 1.82) is 0 Å². The third-order valence-electron chi connectivity index (χ3n) is 5.71. The first kappa shape index (κ1) is 20.2. The van der Waals surface area contributed by atoms with Gasteiger partial charge in [-0.05, 0) is 62.9 Å². The van der Waals surface area contributed by atoms with Crippen molar-refractivity contribution in [2.45, 2.75) is 52.1 Å². The van der Waals surface area contributed by atoms with E-state index in [0.29, 0.717) is 19.4 Å². The highest BCUT2D eigenvalue weighted by Crippen LogP contribution is 2.41. The number of rotatable bonds is 6. The number of nitrogens with one attached hydrogen (secondary N) is 1. The lowest BCUT2D eigenvalue weighted by molar-refractivity contribution is -0.128. The molecule has 0 bridgehead atoms. The van der Waals surface area contributed by atoms with E-state index in [4.69, 9.17) is 11.6 Å². The molecule has 27 heavy (non-hydrogen) atoms. The number of carbonyl (C=O) groups excluding carboxylic acids is 2. The molecule has 2 amide bonds. The number of piperidine rings is 1. The fourth-order valence-corrected chi connectivity index (χ4v) is 4.30. The molecule has 1 N–H and O–H groups in total. The standard InChI is InChI=1S/C21H30ClN3O2/c1-16(2)23-19(26)7-10-24-11-8-21(9-12-24)13-20(27)25(15-21)14-17-3-5-18(22)6-4-17/h3-6,16H,7-15H2,1-2H3,(H,23,26). The average molecular weight is 392 g/mol. The average Bonchev–Trinajstić information content (AvgIpc) is 2.91. The first-order chi connectivity index (χ1) is 12.8. The maximum Gasteiger partial charge on any atom is 0.223 e. The highest BCUT2D eigenvalue weighted by atomic mass is 35.5. The molecule has 0 atom stereocenters. The van der Waals surface area contributed by atoms with Crippen molar-refractivity contribution in [1.82, 2.24) is 15.1 Å². The van der Waals surface area contributed by atoms with Crippen LogP contribution in [0, 0.1) is 5.41 Å². The molecule has 0 aromatic heterocycles. The van der Waals surface area contributed by atoms with Crippen LogP contribution in [-0.2, 0) is 16.1 Å². The summed E-state index contributed by atoms with van der Waals surface area (Å²) in [6, 6.07) is 7.93. The lowest BCUT2D eigenvalue weighted by atomic mass is 9.77. The lowest BCUT2D eigenvalue weighted by Gasteiger charge is -2.38. The third kappa shape index (κ3) is 5.45. The van der Waals surface area contributed by atoms with E-state index in [1.165, 1.54) is 0 Å². The molecule has 0 aliphatic carbocycles. The highest BCUT2D eigenvalue weighted by Gasteiger charge is 2.44. The molecule has 2 aliphatic rings. The number of amides is 2. The van der Waals surface area contributed by atoms with Crippen molar-refractivity contribution in [3.8, 4) is 0 Å². The fraction of sp³-hybridized carbons (Fsp3) is 0.619. The highest BCUT2D eigenvalue weighted by molar-refractivity contribution is 6.30. The summed E-state index contributed by atoms with van der Waals surface area (Å²) in [6.07, 6.45) is 3.26. The summed E-state index contributed by atoms with van der Waals surface area (Å²) in [5.41, 5.74) is 1.23. The maximum absolute atomic E-state index is 12.6. The Balaban J connectivity index is 1.47. The SMILES string of the molecule is CC(C)NC(=O)CCN1CCC2(CC1)CC(=O)N(Cc1ccc(Cl)cc1)C2. The van der Waals surface area contributed by atoms with Crippen LogP contribution < -0.4 is 5.32 Å². The number of halogens is 1. The molecule has 2 saturated heterocycles. The number of benzene rings is 1. The second kappa shape index (κ2) is 8.61. The largest absolute Gasteiger partial charge is 0.354 e. The minimum Gasteiger partial charge on any atom is -0.354 e. The molecule has 1 aromatic rings. The van der Waals surface area contributed by atoms with Gasteiger partial charge in [-0.2, -0.15) is 0 Å². The molecule has 2 fully saturated rings. The number of carbonyl (C=O) groups is 2. The van der Waals surface area contributed by atoms with Gasteiger partial charge in [-0.1, -0.05) is 23.7 Å². The number of likely N-dealkylation sites (tertiary alicyclic amines) is 2. The van der Waals surface area contributed by atoms with E-state index in [1.54, 1.807) is 0 Å². The van der Waals surface area contributed by atoms with Crippen molar-refractivity contribution in [3.63, 3.8) is 0 Å². The minimum atomic E-state index is 0.111. The van der Waals surface area contributed by atoms with Gasteiger partial charge in [0, 0.05) is 43.5 Å². The van der Waals surface area contributed by atoms with Crippen LogP contribution in [0.1, 0.15) is 45.1 Å². The molecule has 2 aliphatic heterocycles. The van der Waals surface area contributed by atoms with Crippen LogP contribution in [0.25, 0.3) is 0 Å². The Morgan fingerprint density at radius 1 is 1.22 bits per heavy atom. The normalized spacial score (nSPS) is 19.9. The first-order valence-electron chi connectivity index (χ1n) is 9.89. The van der Waals surface area contributed by atoms with Crippen molar-refractivity contribution >= 4 is 23.4 Å². The van der Waals surface area contributed by atoms with Gasteiger partial charge in [0.05, 0.1) is 0 Å². The summed E-state index contributed by atoms with van der Waals surface area (Å²) in [7, 11) is 0. The van der Waals surface area contributed by atoms with E-state index in [-0.39, 0.29) is 23.3 Å². The van der Waals surface area contributed by atoms with Gasteiger partial charge in [-0.3, -0.25) is 9.59 Å². The van der Waals surface area contributed by atoms with Gasteiger partial charge in [-0.25, -0.2) is 0 Å². The van der Waals surface area contributed by atoms with E-state index in [9.17, 15) is 9.59 Å². The molecule has 3 rings (SSSR count). The summed E-state index contributed by atoms with van der Waals surface area (Å²) >= 11 is 5.95. The van der Waals surface area contributed by atoms with E-state index >= 15 is 0 Å². The smallest absolute Gasteiger partial charge is 0.223 e. The van der Waals surface area contributed by atoms with Gasteiger partial charge in [0.15, 0.2) is 0 Å². The van der Waals surface area contributed by atoms with Crippen molar-refractivity contribution in [3.05, 3.63) is 34.9 Å². The molecule has 0 radical (unpaired) electrons. The zero-order valence-electron chi connectivity index (χ0n) is 16.3. The Bertz CT molecular complexity index is 667. The van der Waals surface area contributed by atoms with Gasteiger partial charge in [0.25, 0.3) is 0 Å². The van der Waals surface area contributed by atoms with E-state index < -0.39 is 0 Å². The Labute approximate surface area is 167 Å². The number of hydrogen-bond donors (Lipinski definition) is 1. The minimum absolute atomic E-state index is 0.111. The molecule has 2 heterocycles. The number of hydrogen-bond acceptors (Lipinski definition) is 3. The van der Waals surface area contributed by atoms with Crippen LogP contribution >= 0.6 is 11.6 Å². The Morgan fingerprint density at radius 2 is 1.89 bits per heavy atom. The molecule has 1 aromatic carbocycles. The summed E-state index contributed by atoms with van der Waals surface area (Å²) in [6.45, 7) is 8.21. The van der Waals surface area contributed by atoms with Crippen LogP contribution in [-0.4, -0.2) is 53.8 Å². The molecule has 148 valence electrons. The maximum atomic E-state index is 12.6. The van der Waals surface area contributed by atoms with Crippen LogP contribution in [0.2, 0.25) is 5.02 Å². The lowest BCUT2D eigenvalue weighted by Crippen LogP contribution is -2.43. The van der Waals surface area contributed by atoms with Gasteiger partial charge < -0.3 is 15.1 Å². The molecule has 5 nitrogen and oxygen atoms in total. The van der Waals surface area contributed by atoms with E-state index in [1.807, 2.05) is 43.0 Å². The second-order valence-corrected chi connectivity index (χ2v) is 8.80. The van der Waals surface area contributed by atoms with Gasteiger partial charge in [0.1, 0.15) is 0 Å². The third-order valence-corrected chi connectivity index (χ3v) is 5.97. The molecular formula is C21H30ClN3O2. The van der Waals surface area contributed by atoms with Gasteiger partial charge in [-0.15, -0.1) is 0 Å². The molecule has 0 unspecified atom stereocenters. The zero-order valence-corrected chi connectivity index (χ0v) is 17.1. The van der Waals surface area contributed by atoms with Crippen LogP contribution in [0.5, 0.6) is 0 Å². The quantitative estimate of drug-likeness (QED) is 0.810. The predicted molar refractivity (Wildman–Crippen MR) is 107 cm³/mol. The fourth-order valence-electron chi connectivity index (χ4n) is 4.18. The summed E-state index contributed by atoms with van der Waals surface area (Å²) in [4.78, 5) is 28.7. The Morgan fingerprint density at radius 3 is 2.52 bits per heavy atom. The van der Waals surface area contributed by atoms with Crippen molar-refractivity contribution in [2.75, 3.05) is 26.2 Å². The zero-order chi connectivity index (χ0) is 19.4. The molecular weight excluding hydrogens is 362 g/mol. The van der Waals surface area contributed by atoms with E-state index in [0.717, 1.165) is 49.6 Å². The predicted octanol–water partition coefficient (Wildman–Crippen LogP) is 3.07. The van der Waals surface area contributed by atoms with Gasteiger partial charge in [0.2, 0.25) is 11.8 Å². The monoisotopic (exact) mass is 391 g/mol. The molecule has 6 heteroatoms. The summed E-state index contributed by atoms with van der Waals surface area (Å²) in [5, 5.41) is 3.66. The summed E-state index contributed by atoms with van der Waals surface area (Å²) in [5.74, 6) is 0.380. The van der Waals surface area contributed by atoms with Crippen LogP contribution in [0.4, 0.5) is 0 Å².